The Bertz CT molecular complexity index is 2830. The van der Waals surface area contributed by atoms with E-state index in [1.54, 1.807) is 0 Å². The summed E-state index contributed by atoms with van der Waals surface area (Å²) in [5.74, 6) is 1.40. The van der Waals surface area contributed by atoms with Crippen LogP contribution in [-0.2, 0) is 6.42 Å². The third-order valence-electron chi connectivity index (χ3n) is 9.90. The van der Waals surface area contributed by atoms with Gasteiger partial charge in [-0.05, 0) is 108 Å². The van der Waals surface area contributed by atoms with Crippen LogP contribution in [0.15, 0.2) is 128 Å². The van der Waals surface area contributed by atoms with E-state index in [4.69, 9.17) is 9.97 Å². The molecule has 1 aliphatic rings. The van der Waals surface area contributed by atoms with E-state index < -0.39 is 5.41 Å². The number of allylic oxidation sites excluding steroid dienone is 1. The Hall–Kier alpha value is -7.27. The van der Waals surface area contributed by atoms with Gasteiger partial charge < -0.3 is 0 Å². The maximum atomic E-state index is 10.1. The van der Waals surface area contributed by atoms with E-state index in [1.165, 1.54) is 0 Å². The Morgan fingerprint density at radius 2 is 1.31 bits per heavy atom. The Morgan fingerprint density at radius 1 is 0.647 bits per heavy atom. The van der Waals surface area contributed by atoms with Gasteiger partial charge in [0.2, 0.25) is 0 Å². The number of benzene rings is 4. The molecule has 0 amide bonds. The van der Waals surface area contributed by atoms with E-state index in [1.807, 2.05) is 98.1 Å². The van der Waals surface area contributed by atoms with Crippen molar-refractivity contribution >= 4 is 38.9 Å². The number of hydrogen-bond acceptors (Lipinski definition) is 5. The molecule has 4 heterocycles. The molecule has 4 aromatic carbocycles. The van der Waals surface area contributed by atoms with Crippen molar-refractivity contribution in [2.24, 2.45) is 5.41 Å². The molecule has 1 atom stereocenters. The fourth-order valence-corrected chi connectivity index (χ4v) is 7.44. The van der Waals surface area contributed by atoms with Crippen LogP contribution in [0.25, 0.3) is 72.8 Å². The lowest BCUT2D eigenvalue weighted by atomic mass is 9.80. The van der Waals surface area contributed by atoms with Crippen LogP contribution in [-0.4, -0.2) is 19.1 Å². The topological polar surface area (TPSA) is 107 Å². The molecule has 8 aromatic rings. The van der Waals surface area contributed by atoms with Gasteiger partial charge in [-0.2, -0.15) is 15.8 Å². The average molecular weight is 654 g/mol. The molecule has 0 N–H and O–H groups in total. The van der Waals surface area contributed by atoms with Crippen molar-refractivity contribution in [3.8, 4) is 52.1 Å². The van der Waals surface area contributed by atoms with E-state index in [2.05, 4.69) is 69.8 Å². The lowest BCUT2D eigenvalue weighted by molar-refractivity contribution is 0.561. The van der Waals surface area contributed by atoms with Gasteiger partial charge in [-0.25, -0.2) is 9.97 Å². The zero-order valence-corrected chi connectivity index (χ0v) is 27.5. The van der Waals surface area contributed by atoms with Gasteiger partial charge in [0.15, 0.2) is 0 Å². The summed E-state index contributed by atoms with van der Waals surface area (Å²) in [7, 11) is 0. The van der Waals surface area contributed by atoms with E-state index in [-0.39, 0.29) is 0 Å². The summed E-state index contributed by atoms with van der Waals surface area (Å²) in [6, 6.07) is 45.2. The van der Waals surface area contributed by atoms with Gasteiger partial charge in [0.1, 0.15) is 17.3 Å². The number of nitrogens with zero attached hydrogens (tertiary/aromatic N) is 7. The zero-order chi connectivity index (χ0) is 34.7. The summed E-state index contributed by atoms with van der Waals surface area (Å²) in [6.07, 6.45) is 6.31. The first-order chi connectivity index (χ1) is 25.0. The van der Waals surface area contributed by atoms with Gasteiger partial charge in [0.05, 0.1) is 51.5 Å². The molecule has 0 fully saturated rings. The molecule has 7 heteroatoms. The average Bonchev–Trinajstić information content (AvgIpc) is 3.69. The minimum atomic E-state index is -0.677. The number of rotatable bonds is 4. The Morgan fingerprint density at radius 3 is 2.08 bits per heavy atom. The van der Waals surface area contributed by atoms with Crippen molar-refractivity contribution in [3.05, 3.63) is 150 Å². The molecule has 0 bridgehead atoms. The van der Waals surface area contributed by atoms with Crippen LogP contribution in [0.3, 0.4) is 0 Å². The predicted octanol–water partition coefficient (Wildman–Crippen LogP) is 9.69. The monoisotopic (exact) mass is 653 g/mol. The van der Waals surface area contributed by atoms with E-state index in [0.29, 0.717) is 29.2 Å². The first-order valence-corrected chi connectivity index (χ1v) is 16.6. The van der Waals surface area contributed by atoms with Crippen LogP contribution in [0.2, 0.25) is 0 Å². The van der Waals surface area contributed by atoms with Crippen molar-refractivity contribution in [1.82, 2.24) is 19.1 Å². The van der Waals surface area contributed by atoms with Crippen LogP contribution >= 0.6 is 0 Å². The van der Waals surface area contributed by atoms with E-state index in [9.17, 15) is 15.8 Å². The molecule has 51 heavy (non-hydrogen) atoms. The highest BCUT2D eigenvalue weighted by Gasteiger charge is 2.31. The van der Waals surface area contributed by atoms with Gasteiger partial charge >= 0.3 is 0 Å². The minimum Gasteiger partial charge on any atom is -0.294 e. The molecule has 1 aliphatic carbocycles. The van der Waals surface area contributed by atoms with E-state index in [0.717, 1.165) is 66.4 Å². The molecule has 0 spiro atoms. The molecule has 0 radical (unpaired) electrons. The Labute approximate surface area is 293 Å². The van der Waals surface area contributed by atoms with Gasteiger partial charge in [0.25, 0.3) is 0 Å². The second kappa shape index (κ2) is 11.4. The zero-order valence-electron chi connectivity index (χ0n) is 27.5. The largest absolute Gasteiger partial charge is 0.294 e. The third kappa shape index (κ3) is 4.71. The van der Waals surface area contributed by atoms with Gasteiger partial charge in [-0.3, -0.25) is 9.13 Å². The summed E-state index contributed by atoms with van der Waals surface area (Å²) < 4.78 is 4.27. The van der Waals surface area contributed by atoms with Gasteiger partial charge in [-0.15, -0.1) is 0 Å². The fourth-order valence-electron chi connectivity index (χ4n) is 7.44. The molecule has 9 rings (SSSR count). The maximum Gasteiger partial charge on any atom is 0.146 e. The maximum absolute atomic E-state index is 10.1. The molecule has 4 aromatic heterocycles. The molecule has 1 unspecified atom stereocenters. The van der Waals surface area contributed by atoms with Crippen LogP contribution in [0.1, 0.15) is 29.3 Å². The predicted molar refractivity (Wildman–Crippen MR) is 200 cm³/mol. The quantitative estimate of drug-likeness (QED) is 0.188. The Balaban J connectivity index is 1.38. The van der Waals surface area contributed by atoms with Crippen molar-refractivity contribution < 1.29 is 0 Å². The molecule has 7 nitrogen and oxygen atoms in total. The fraction of sp³-hybridized carbons (Fsp3) is 0.0682. The summed E-state index contributed by atoms with van der Waals surface area (Å²) in [5.41, 5.74) is 9.10. The second-order valence-electron chi connectivity index (χ2n) is 13.1. The summed E-state index contributed by atoms with van der Waals surface area (Å²) in [6.45, 7) is 1.94. The second-order valence-corrected chi connectivity index (χ2v) is 13.1. The van der Waals surface area contributed by atoms with Crippen molar-refractivity contribution in [2.45, 2.75) is 13.3 Å². The van der Waals surface area contributed by atoms with Crippen LogP contribution < -0.4 is 0 Å². The van der Waals surface area contributed by atoms with E-state index >= 15 is 0 Å². The van der Waals surface area contributed by atoms with Crippen molar-refractivity contribution in [2.75, 3.05) is 0 Å². The number of pyridine rings is 2. The number of para-hydroxylation sites is 1. The summed E-state index contributed by atoms with van der Waals surface area (Å²) in [5, 5.41) is 32.4. The summed E-state index contributed by atoms with van der Waals surface area (Å²) >= 11 is 0. The number of aromatic nitrogens is 4. The summed E-state index contributed by atoms with van der Waals surface area (Å²) in [4.78, 5) is 10.3. The Kier molecular flexibility index (Phi) is 6.68. The highest BCUT2D eigenvalue weighted by atomic mass is 15.2. The first kappa shape index (κ1) is 29.8. The molecule has 238 valence electrons. The molecular weight excluding hydrogens is 627 g/mol. The highest BCUT2D eigenvalue weighted by molar-refractivity contribution is 6.07. The smallest absolute Gasteiger partial charge is 0.146 e. The standard InChI is InChI=1S/C44H27N7/c1-44(27-47)19-18-40-37(24-44)36-21-29(26-46)14-17-39(36)50(40)41-22-31(33-8-3-2-7-32(33)30-15-12-28(25-45)13-16-30)23-42(49-41)51-38-11-5-4-9-34(38)35-10-6-20-48-43(35)51/h2-23H,24H2,1H3. The van der Waals surface area contributed by atoms with Crippen LogP contribution in [0.5, 0.6) is 0 Å². The van der Waals surface area contributed by atoms with Gasteiger partial charge in [0, 0.05) is 22.4 Å². The van der Waals surface area contributed by atoms with Gasteiger partial charge in [-0.1, -0.05) is 60.7 Å². The first-order valence-electron chi connectivity index (χ1n) is 16.6. The molecule has 0 saturated heterocycles. The minimum absolute atomic E-state index is 0.512. The lowest BCUT2D eigenvalue weighted by Gasteiger charge is -2.22. The van der Waals surface area contributed by atoms with Crippen LogP contribution in [0, 0.1) is 39.4 Å². The molecule has 0 saturated carbocycles. The lowest BCUT2D eigenvalue weighted by Crippen LogP contribution is -2.18. The van der Waals surface area contributed by atoms with Crippen molar-refractivity contribution in [1.29, 1.82) is 15.8 Å². The third-order valence-corrected chi connectivity index (χ3v) is 9.90. The normalized spacial score (nSPS) is 15.0. The highest BCUT2D eigenvalue weighted by Crippen LogP contribution is 2.42. The van der Waals surface area contributed by atoms with Crippen molar-refractivity contribution in [3.63, 3.8) is 0 Å². The van der Waals surface area contributed by atoms with Crippen LogP contribution in [0.4, 0.5) is 0 Å². The molecular formula is C44H27N7. The number of nitriles is 3. The number of fused-ring (bicyclic) bond motifs is 6. The SMILES string of the molecule is CC1(C#N)C=Cc2c(c3cc(C#N)ccc3n2-c2cc(-c3ccccc3-c3ccc(C#N)cc3)cc(-n3c4ccccc4c4cccnc43)n2)C1. The number of hydrogen-bond donors (Lipinski definition) is 0. The molecule has 0 aliphatic heterocycles.